The normalized spacial score (nSPS) is 43.9. The molecule has 0 saturated carbocycles. The Morgan fingerprint density at radius 3 is 2.21 bits per heavy atom. The highest BCUT2D eigenvalue weighted by Gasteiger charge is 2.42. The number of hydrogen-bond acceptors (Lipinski definition) is 7. The molecule has 1 aliphatic heterocycles. The third kappa shape index (κ3) is 2.57. The largest absolute Gasteiger partial charge is 0.396 e. The van der Waals surface area contributed by atoms with Crippen LogP contribution in [0.1, 0.15) is 0 Å². The van der Waals surface area contributed by atoms with Gasteiger partial charge in [-0.05, 0) is 0 Å². The van der Waals surface area contributed by atoms with Crippen LogP contribution in [-0.4, -0.2) is 67.9 Å². The van der Waals surface area contributed by atoms with Gasteiger partial charge in [-0.2, -0.15) is 0 Å². The minimum Gasteiger partial charge on any atom is -0.396 e. The maximum Gasteiger partial charge on any atom is 0.185 e. The summed E-state index contributed by atoms with van der Waals surface area (Å²) >= 11 is 1.06. The van der Waals surface area contributed by atoms with Crippen LogP contribution in [0.5, 0.6) is 0 Å². The fourth-order valence-electron chi connectivity index (χ4n) is 1.14. The van der Waals surface area contributed by atoms with Crippen LogP contribution in [0.3, 0.4) is 0 Å². The van der Waals surface area contributed by atoms with Crippen molar-refractivity contribution < 1.29 is 30.3 Å². The smallest absolute Gasteiger partial charge is 0.185 e. The third-order valence-corrected chi connectivity index (χ3v) is 3.05. The quantitative estimate of drug-likeness (QED) is 0.361. The minimum atomic E-state index is -1.51. The first-order valence-electron chi connectivity index (χ1n) is 4.18. The van der Waals surface area contributed by atoms with Gasteiger partial charge in [0.25, 0.3) is 0 Å². The topological polar surface area (TPSA) is 110 Å². The second-order valence-electron chi connectivity index (χ2n) is 2.96. The Bertz CT molecular complexity index is 180. The summed E-state index contributed by atoms with van der Waals surface area (Å²) in [4.78, 5) is 0. The molecule has 0 aromatic heterocycles. The van der Waals surface area contributed by atoms with Crippen LogP contribution >= 0.6 is 11.8 Å². The van der Waals surface area contributed by atoms with E-state index in [1.165, 1.54) is 0 Å². The van der Waals surface area contributed by atoms with Crippen molar-refractivity contribution in [3.63, 3.8) is 0 Å². The Morgan fingerprint density at radius 2 is 1.64 bits per heavy atom. The third-order valence-electron chi connectivity index (χ3n) is 1.92. The fraction of sp³-hybridized carbons (Fsp3) is 1.00. The molecule has 14 heavy (non-hydrogen) atoms. The Morgan fingerprint density at radius 1 is 1.00 bits per heavy atom. The standard InChI is InChI=1S/C7H14O6S/c8-1-2-14-7-5(11)3(9)4(10)6(12)13-7/h3-12H,1-2H2. The summed E-state index contributed by atoms with van der Waals surface area (Å²) in [7, 11) is 0. The van der Waals surface area contributed by atoms with Gasteiger partial charge in [-0.15, -0.1) is 11.8 Å². The highest BCUT2D eigenvalue weighted by atomic mass is 32.2. The van der Waals surface area contributed by atoms with Crippen molar-refractivity contribution in [2.24, 2.45) is 0 Å². The highest BCUT2D eigenvalue weighted by Crippen LogP contribution is 2.27. The molecule has 5 N–H and O–H groups in total. The Labute approximate surface area is 85.1 Å². The molecule has 0 bridgehead atoms. The number of ether oxygens (including phenoxy) is 1. The van der Waals surface area contributed by atoms with Gasteiger partial charge in [0, 0.05) is 5.75 Å². The molecule has 0 aliphatic carbocycles. The summed E-state index contributed by atoms with van der Waals surface area (Å²) < 4.78 is 4.83. The van der Waals surface area contributed by atoms with Crippen molar-refractivity contribution in [3.05, 3.63) is 0 Å². The van der Waals surface area contributed by atoms with Gasteiger partial charge in [0.05, 0.1) is 6.61 Å². The maximum atomic E-state index is 9.40. The van der Waals surface area contributed by atoms with E-state index in [1.54, 1.807) is 0 Å². The zero-order valence-electron chi connectivity index (χ0n) is 7.35. The van der Waals surface area contributed by atoms with Crippen molar-refractivity contribution >= 4 is 11.8 Å². The molecule has 1 aliphatic rings. The lowest BCUT2D eigenvalue weighted by Gasteiger charge is -2.37. The van der Waals surface area contributed by atoms with Crippen LogP contribution in [0.2, 0.25) is 0 Å². The van der Waals surface area contributed by atoms with E-state index in [2.05, 4.69) is 0 Å². The number of rotatable bonds is 3. The molecular formula is C7H14O6S. The van der Waals surface area contributed by atoms with Gasteiger partial charge in [-0.3, -0.25) is 0 Å². The zero-order chi connectivity index (χ0) is 10.7. The van der Waals surface area contributed by atoms with Gasteiger partial charge >= 0.3 is 0 Å². The summed E-state index contributed by atoms with van der Waals surface area (Å²) in [6.45, 7) is -0.0913. The first-order valence-corrected chi connectivity index (χ1v) is 5.23. The van der Waals surface area contributed by atoms with E-state index in [4.69, 9.17) is 20.1 Å². The molecule has 7 heteroatoms. The fourth-order valence-corrected chi connectivity index (χ4v) is 2.03. The van der Waals surface area contributed by atoms with Gasteiger partial charge in [-0.25, -0.2) is 0 Å². The molecule has 0 aromatic carbocycles. The predicted molar refractivity (Wildman–Crippen MR) is 48.4 cm³/mol. The Kier molecular flexibility index (Phi) is 4.58. The predicted octanol–water partition coefficient (Wildman–Crippen LogP) is -2.53. The van der Waals surface area contributed by atoms with Crippen LogP contribution in [0.4, 0.5) is 0 Å². The first-order chi connectivity index (χ1) is 6.57. The van der Waals surface area contributed by atoms with Crippen LogP contribution in [-0.2, 0) is 4.74 Å². The molecular weight excluding hydrogens is 212 g/mol. The number of thioether (sulfide) groups is 1. The van der Waals surface area contributed by atoms with Gasteiger partial charge in [-0.1, -0.05) is 0 Å². The van der Waals surface area contributed by atoms with Crippen LogP contribution in [0.15, 0.2) is 0 Å². The zero-order valence-corrected chi connectivity index (χ0v) is 8.17. The molecule has 5 atom stereocenters. The van der Waals surface area contributed by atoms with Crippen molar-refractivity contribution in [1.82, 2.24) is 0 Å². The molecule has 1 rings (SSSR count). The average Bonchev–Trinajstić information content (AvgIpc) is 2.18. The maximum absolute atomic E-state index is 9.40. The molecule has 5 unspecified atom stereocenters. The van der Waals surface area contributed by atoms with Gasteiger partial charge in [0.2, 0.25) is 0 Å². The molecule has 84 valence electrons. The van der Waals surface area contributed by atoms with E-state index in [0.717, 1.165) is 11.8 Å². The van der Waals surface area contributed by atoms with E-state index in [9.17, 15) is 10.2 Å². The first kappa shape index (κ1) is 12.2. The summed E-state index contributed by atoms with van der Waals surface area (Å²) in [6.07, 6.45) is -5.72. The van der Waals surface area contributed by atoms with Crippen LogP contribution in [0.25, 0.3) is 0 Å². The van der Waals surface area contributed by atoms with E-state index in [0.29, 0.717) is 5.75 Å². The van der Waals surface area contributed by atoms with E-state index in [-0.39, 0.29) is 6.61 Å². The number of aliphatic hydroxyl groups excluding tert-OH is 5. The molecule has 0 aromatic rings. The van der Waals surface area contributed by atoms with Crippen molar-refractivity contribution in [2.45, 2.75) is 30.0 Å². The van der Waals surface area contributed by atoms with Crippen LogP contribution in [0, 0.1) is 0 Å². The lowest BCUT2D eigenvalue weighted by atomic mass is 10.1. The van der Waals surface area contributed by atoms with Gasteiger partial charge < -0.3 is 30.3 Å². The molecule has 1 fully saturated rings. The van der Waals surface area contributed by atoms with Crippen molar-refractivity contribution in [2.75, 3.05) is 12.4 Å². The lowest BCUT2D eigenvalue weighted by molar-refractivity contribution is -0.261. The molecule has 6 nitrogen and oxygen atoms in total. The van der Waals surface area contributed by atoms with Crippen molar-refractivity contribution in [3.8, 4) is 0 Å². The minimum absolute atomic E-state index is 0.0913. The number of hydrogen-bond donors (Lipinski definition) is 5. The summed E-state index contributed by atoms with van der Waals surface area (Å²) in [6, 6.07) is 0. The highest BCUT2D eigenvalue weighted by molar-refractivity contribution is 7.99. The van der Waals surface area contributed by atoms with E-state index >= 15 is 0 Å². The molecule has 0 spiro atoms. The van der Waals surface area contributed by atoms with Gasteiger partial charge in [0.15, 0.2) is 6.29 Å². The van der Waals surface area contributed by atoms with Crippen molar-refractivity contribution in [1.29, 1.82) is 0 Å². The summed E-state index contributed by atoms with van der Waals surface area (Å²) in [5.41, 5.74) is -0.837. The second-order valence-corrected chi connectivity index (χ2v) is 4.17. The Balaban J connectivity index is 2.52. The molecule has 0 radical (unpaired) electrons. The molecule has 1 heterocycles. The number of aliphatic hydroxyl groups is 5. The van der Waals surface area contributed by atoms with E-state index in [1.807, 2.05) is 0 Å². The monoisotopic (exact) mass is 226 g/mol. The summed E-state index contributed by atoms with van der Waals surface area (Å²) in [5, 5.41) is 45.4. The van der Waals surface area contributed by atoms with E-state index < -0.39 is 30.0 Å². The average molecular weight is 226 g/mol. The molecule has 1 saturated heterocycles. The second kappa shape index (κ2) is 5.26. The Hall–Kier alpha value is 0.110. The summed E-state index contributed by atoms with van der Waals surface area (Å²) in [5.74, 6) is 0.317. The van der Waals surface area contributed by atoms with Gasteiger partial charge in [0.1, 0.15) is 23.7 Å². The lowest BCUT2D eigenvalue weighted by Crippen LogP contribution is -2.56. The molecule has 0 amide bonds. The SMILES string of the molecule is OCCSC1OC(O)C(O)C(O)C1O. The van der Waals surface area contributed by atoms with Crippen LogP contribution < -0.4 is 0 Å².